The van der Waals surface area contributed by atoms with Crippen LogP contribution in [-0.4, -0.2) is 29.7 Å². The van der Waals surface area contributed by atoms with E-state index >= 15 is 0 Å². The monoisotopic (exact) mass is 347 g/mol. The number of hydrogen-bond acceptors (Lipinski definition) is 5. The van der Waals surface area contributed by atoms with Crippen molar-refractivity contribution in [2.75, 3.05) is 19.5 Å². The molecule has 126 valence electrons. The average molecular weight is 347 g/mol. The smallest absolute Gasteiger partial charge is 0.257 e. The Labute approximate surface area is 143 Å². The first-order chi connectivity index (χ1) is 11.5. The van der Waals surface area contributed by atoms with Gasteiger partial charge in [-0.05, 0) is 18.3 Å². The fraction of sp³-hybridized carbons (Fsp3) is 0.312. The van der Waals surface area contributed by atoms with E-state index in [1.807, 2.05) is 6.07 Å². The Morgan fingerprint density at radius 3 is 2.67 bits per heavy atom. The fourth-order valence-corrected chi connectivity index (χ4v) is 3.14. The maximum absolute atomic E-state index is 12.5. The summed E-state index contributed by atoms with van der Waals surface area (Å²) in [7, 11) is 4.80. The molecule has 1 atom stereocenters. The van der Waals surface area contributed by atoms with Crippen molar-refractivity contribution in [2.45, 2.75) is 12.3 Å². The number of rotatable bonds is 3. The van der Waals surface area contributed by atoms with E-state index in [4.69, 9.17) is 21.7 Å². The second-order valence-corrected chi connectivity index (χ2v) is 5.88. The Hall–Kier alpha value is -2.61. The van der Waals surface area contributed by atoms with Crippen LogP contribution in [0.2, 0.25) is 0 Å². The first-order valence-electron chi connectivity index (χ1n) is 7.31. The number of fused-ring (bicyclic) bond motifs is 1. The summed E-state index contributed by atoms with van der Waals surface area (Å²) in [6, 6.07) is 5.32. The van der Waals surface area contributed by atoms with Crippen LogP contribution in [-0.2, 0) is 11.8 Å². The number of H-pyrrole nitrogens is 1. The molecule has 0 bridgehead atoms. The van der Waals surface area contributed by atoms with Crippen molar-refractivity contribution in [1.29, 1.82) is 0 Å². The summed E-state index contributed by atoms with van der Waals surface area (Å²) >= 11 is 5.12. The summed E-state index contributed by atoms with van der Waals surface area (Å²) in [6.45, 7) is 0. The highest BCUT2D eigenvalue weighted by atomic mass is 32.1. The van der Waals surface area contributed by atoms with Crippen LogP contribution in [0.4, 0.5) is 5.82 Å². The van der Waals surface area contributed by atoms with E-state index in [0.29, 0.717) is 22.9 Å². The molecule has 2 aromatic rings. The Balaban J connectivity index is 2.25. The van der Waals surface area contributed by atoms with Gasteiger partial charge in [0.2, 0.25) is 5.91 Å². The molecular weight excluding hydrogens is 330 g/mol. The first-order valence-corrected chi connectivity index (χ1v) is 7.72. The minimum absolute atomic E-state index is 0.148. The van der Waals surface area contributed by atoms with Crippen LogP contribution in [0.25, 0.3) is 0 Å². The van der Waals surface area contributed by atoms with Crippen molar-refractivity contribution < 1.29 is 14.3 Å². The van der Waals surface area contributed by atoms with E-state index < -0.39 is 5.92 Å². The molecule has 1 aliphatic heterocycles. The van der Waals surface area contributed by atoms with Crippen molar-refractivity contribution in [3.63, 3.8) is 0 Å². The number of nitrogens with one attached hydrogen (secondary N) is 2. The van der Waals surface area contributed by atoms with Gasteiger partial charge in [0.15, 0.2) is 4.77 Å². The van der Waals surface area contributed by atoms with Crippen molar-refractivity contribution in [3.8, 4) is 11.5 Å². The molecule has 1 aromatic heterocycles. The van der Waals surface area contributed by atoms with E-state index in [-0.39, 0.29) is 22.7 Å². The molecule has 0 spiro atoms. The lowest BCUT2D eigenvalue weighted by atomic mass is 9.86. The highest BCUT2D eigenvalue weighted by Gasteiger charge is 2.32. The molecule has 7 nitrogen and oxygen atoms in total. The second-order valence-electron chi connectivity index (χ2n) is 5.49. The first kappa shape index (κ1) is 16.3. The minimum Gasteiger partial charge on any atom is -0.497 e. The number of hydrogen-bond donors (Lipinski definition) is 2. The van der Waals surface area contributed by atoms with Crippen LogP contribution >= 0.6 is 12.2 Å². The van der Waals surface area contributed by atoms with Crippen LogP contribution in [0.3, 0.4) is 0 Å². The third-order valence-corrected chi connectivity index (χ3v) is 4.55. The number of carbonyl (C=O) groups excluding carboxylic acids is 1. The van der Waals surface area contributed by atoms with Gasteiger partial charge < -0.3 is 19.4 Å². The molecule has 0 fully saturated rings. The fourth-order valence-electron chi connectivity index (χ4n) is 2.95. The number of nitrogens with zero attached hydrogens (tertiary/aromatic N) is 1. The number of amides is 1. The van der Waals surface area contributed by atoms with Gasteiger partial charge in [-0.2, -0.15) is 0 Å². The molecule has 1 aromatic carbocycles. The molecule has 0 saturated heterocycles. The molecule has 3 rings (SSSR count). The summed E-state index contributed by atoms with van der Waals surface area (Å²) in [5, 5.41) is 2.74. The lowest BCUT2D eigenvalue weighted by Crippen LogP contribution is -2.33. The van der Waals surface area contributed by atoms with E-state index in [1.54, 1.807) is 38.0 Å². The SMILES string of the molecule is COc1ccc(C2CC(=O)Nc3c2c(=O)[nH]c(=S)n3C)c(OC)c1. The molecule has 2 heterocycles. The molecular formula is C16H17N3O4S. The Morgan fingerprint density at radius 2 is 2.00 bits per heavy atom. The molecule has 1 amide bonds. The molecule has 2 N–H and O–H groups in total. The summed E-state index contributed by atoms with van der Waals surface area (Å²) in [5.74, 6) is 1.00. The molecule has 8 heteroatoms. The molecule has 0 saturated carbocycles. The van der Waals surface area contributed by atoms with Crippen LogP contribution in [0.15, 0.2) is 23.0 Å². The predicted octanol–water partition coefficient (Wildman–Crippen LogP) is 1.93. The quantitative estimate of drug-likeness (QED) is 0.829. The number of methoxy groups -OCH3 is 2. The number of benzene rings is 1. The standard InChI is InChI=1S/C16H17N3O4S/c1-19-14-13(15(21)18-16(19)24)10(7-12(20)17-14)9-5-4-8(22-2)6-11(9)23-3/h4-6,10H,7H2,1-3H3,(H,17,20)(H,18,21,24). The van der Waals surface area contributed by atoms with Gasteiger partial charge >= 0.3 is 0 Å². The molecule has 0 radical (unpaired) electrons. The van der Waals surface area contributed by atoms with Crippen molar-refractivity contribution >= 4 is 23.9 Å². The second kappa shape index (κ2) is 6.12. The van der Waals surface area contributed by atoms with Crippen LogP contribution in [0, 0.1) is 4.77 Å². The maximum atomic E-state index is 12.5. The van der Waals surface area contributed by atoms with Gasteiger partial charge in [-0.15, -0.1) is 0 Å². The van der Waals surface area contributed by atoms with Gasteiger partial charge in [-0.25, -0.2) is 0 Å². The average Bonchev–Trinajstić information content (AvgIpc) is 2.58. The van der Waals surface area contributed by atoms with Crippen LogP contribution < -0.4 is 20.3 Å². The highest BCUT2D eigenvalue weighted by molar-refractivity contribution is 7.71. The molecule has 0 aliphatic carbocycles. The predicted molar refractivity (Wildman–Crippen MR) is 91.5 cm³/mol. The van der Waals surface area contributed by atoms with Gasteiger partial charge in [0.05, 0.1) is 19.8 Å². The van der Waals surface area contributed by atoms with E-state index in [0.717, 1.165) is 5.56 Å². The third kappa shape index (κ3) is 2.58. The Kier molecular flexibility index (Phi) is 4.15. The maximum Gasteiger partial charge on any atom is 0.257 e. The van der Waals surface area contributed by atoms with Crippen LogP contribution in [0.5, 0.6) is 11.5 Å². The lowest BCUT2D eigenvalue weighted by Gasteiger charge is -2.27. The van der Waals surface area contributed by atoms with Crippen molar-refractivity contribution in [2.24, 2.45) is 7.05 Å². The number of carbonyl (C=O) groups is 1. The van der Waals surface area contributed by atoms with Gasteiger partial charge in [-0.1, -0.05) is 6.07 Å². The summed E-state index contributed by atoms with van der Waals surface area (Å²) in [4.78, 5) is 27.3. The molecule has 1 unspecified atom stereocenters. The zero-order chi connectivity index (χ0) is 17.4. The number of aromatic nitrogens is 2. The van der Waals surface area contributed by atoms with Crippen molar-refractivity contribution in [1.82, 2.24) is 9.55 Å². The summed E-state index contributed by atoms with van der Waals surface area (Å²) in [5.41, 5.74) is 0.905. The van der Waals surface area contributed by atoms with Gasteiger partial charge in [0.25, 0.3) is 5.56 Å². The minimum atomic E-state index is -0.430. The molecule has 1 aliphatic rings. The van der Waals surface area contributed by atoms with Crippen LogP contribution in [0.1, 0.15) is 23.5 Å². The zero-order valence-corrected chi connectivity index (χ0v) is 14.3. The highest BCUT2D eigenvalue weighted by Crippen LogP contribution is 2.39. The number of anilines is 1. The number of aromatic amines is 1. The third-order valence-electron chi connectivity index (χ3n) is 4.17. The summed E-state index contributed by atoms with van der Waals surface area (Å²) in [6.07, 6.45) is 0.148. The van der Waals surface area contributed by atoms with Gasteiger partial charge in [-0.3, -0.25) is 14.6 Å². The van der Waals surface area contributed by atoms with Gasteiger partial charge in [0, 0.05) is 31.0 Å². The normalized spacial score (nSPS) is 16.3. The van der Waals surface area contributed by atoms with E-state index in [9.17, 15) is 9.59 Å². The lowest BCUT2D eigenvalue weighted by molar-refractivity contribution is -0.116. The zero-order valence-electron chi connectivity index (χ0n) is 13.5. The van der Waals surface area contributed by atoms with Crippen molar-refractivity contribution in [3.05, 3.63) is 44.5 Å². The van der Waals surface area contributed by atoms with E-state index in [2.05, 4.69) is 10.3 Å². The topological polar surface area (TPSA) is 85.4 Å². The largest absolute Gasteiger partial charge is 0.497 e. The van der Waals surface area contributed by atoms with E-state index in [1.165, 1.54) is 0 Å². The van der Waals surface area contributed by atoms with Gasteiger partial charge in [0.1, 0.15) is 17.3 Å². The number of ether oxygens (including phenoxy) is 2. The molecule has 24 heavy (non-hydrogen) atoms. The Bertz CT molecular complexity index is 932. The summed E-state index contributed by atoms with van der Waals surface area (Å²) < 4.78 is 12.5. The Morgan fingerprint density at radius 1 is 1.25 bits per heavy atom.